The van der Waals surface area contributed by atoms with Crippen molar-refractivity contribution in [1.29, 1.82) is 0 Å². The average Bonchev–Trinajstić information content (AvgIpc) is 2.46. The van der Waals surface area contributed by atoms with Gasteiger partial charge in [-0.2, -0.15) is 0 Å². The van der Waals surface area contributed by atoms with Crippen molar-refractivity contribution in [2.75, 3.05) is 20.3 Å². The van der Waals surface area contributed by atoms with Gasteiger partial charge in [-0.15, -0.1) is 0 Å². The second-order valence-electron chi connectivity index (χ2n) is 4.42. The van der Waals surface area contributed by atoms with E-state index in [9.17, 15) is 20.1 Å². The van der Waals surface area contributed by atoms with Gasteiger partial charge in [-0.25, -0.2) is 0 Å². The Morgan fingerprint density at radius 2 is 1.85 bits per heavy atom. The summed E-state index contributed by atoms with van der Waals surface area (Å²) in [5.74, 6) is -0.631. The van der Waals surface area contributed by atoms with Gasteiger partial charge in [-0.1, -0.05) is 0 Å². The number of ether oxygens (including phenoxy) is 3. The molecule has 0 radical (unpaired) electrons. The van der Waals surface area contributed by atoms with Crippen molar-refractivity contribution in [2.45, 2.75) is 43.2 Å². The molecule has 1 aliphatic rings. The van der Waals surface area contributed by atoms with Gasteiger partial charge in [0.2, 0.25) is 0 Å². The number of aliphatic hydroxyl groups excluding tert-OH is 5. The summed E-state index contributed by atoms with van der Waals surface area (Å²) in [4.78, 5) is 11.1. The van der Waals surface area contributed by atoms with Crippen LogP contribution >= 0.6 is 0 Å². The molecule has 0 bridgehead atoms. The Morgan fingerprint density at radius 3 is 2.35 bits per heavy atom. The highest BCUT2D eigenvalue weighted by Gasteiger charge is 2.44. The van der Waals surface area contributed by atoms with Gasteiger partial charge in [-0.05, 0) is 0 Å². The predicted octanol–water partition coefficient (Wildman–Crippen LogP) is -3.27. The van der Waals surface area contributed by atoms with E-state index in [0.29, 0.717) is 0 Å². The Kier molecular flexibility index (Phi) is 6.76. The van der Waals surface area contributed by atoms with Crippen LogP contribution in [0.15, 0.2) is 0 Å². The maximum atomic E-state index is 11.1. The van der Waals surface area contributed by atoms with Crippen molar-refractivity contribution in [3.05, 3.63) is 0 Å². The zero-order valence-electron chi connectivity index (χ0n) is 11.0. The number of esters is 1. The molecular formula is C11H20O9. The first-order valence-electron chi connectivity index (χ1n) is 6.08. The lowest BCUT2D eigenvalue weighted by Crippen LogP contribution is -2.59. The molecule has 0 unspecified atom stereocenters. The van der Waals surface area contributed by atoms with Gasteiger partial charge >= 0.3 is 5.97 Å². The molecule has 0 aromatic heterocycles. The minimum Gasteiger partial charge on any atom is -0.469 e. The first-order valence-corrected chi connectivity index (χ1v) is 6.08. The van der Waals surface area contributed by atoms with E-state index in [0.717, 1.165) is 0 Å². The Morgan fingerprint density at radius 1 is 1.20 bits per heavy atom. The molecule has 1 saturated heterocycles. The molecule has 118 valence electrons. The van der Waals surface area contributed by atoms with Crippen LogP contribution in [-0.2, 0) is 19.0 Å². The number of carbonyl (C=O) groups excluding carboxylic acids is 1. The highest BCUT2D eigenvalue weighted by Crippen LogP contribution is 2.23. The van der Waals surface area contributed by atoms with Gasteiger partial charge in [0, 0.05) is 0 Å². The fourth-order valence-electron chi connectivity index (χ4n) is 1.79. The fourth-order valence-corrected chi connectivity index (χ4v) is 1.79. The minimum atomic E-state index is -1.58. The van der Waals surface area contributed by atoms with Crippen molar-refractivity contribution in [2.24, 2.45) is 0 Å². The molecule has 9 nitrogen and oxygen atoms in total. The molecule has 20 heavy (non-hydrogen) atoms. The van der Waals surface area contributed by atoms with Crippen molar-refractivity contribution < 1.29 is 44.5 Å². The highest BCUT2D eigenvalue weighted by molar-refractivity contribution is 5.69. The zero-order chi connectivity index (χ0) is 15.3. The summed E-state index contributed by atoms with van der Waals surface area (Å²) in [5, 5.41) is 46.9. The zero-order valence-corrected chi connectivity index (χ0v) is 11.0. The van der Waals surface area contributed by atoms with Crippen LogP contribution in [0, 0.1) is 0 Å². The van der Waals surface area contributed by atoms with Crippen LogP contribution in [0.4, 0.5) is 0 Å². The maximum Gasteiger partial charge on any atom is 0.308 e. The lowest BCUT2D eigenvalue weighted by molar-refractivity contribution is -0.313. The molecular weight excluding hydrogens is 276 g/mol. The molecule has 1 rings (SSSR count). The van der Waals surface area contributed by atoms with Gasteiger partial charge < -0.3 is 39.7 Å². The molecule has 0 aliphatic carbocycles. The Balaban J connectivity index is 2.66. The largest absolute Gasteiger partial charge is 0.469 e. The van der Waals surface area contributed by atoms with Gasteiger partial charge in [0.1, 0.15) is 24.4 Å². The quantitative estimate of drug-likeness (QED) is 0.318. The van der Waals surface area contributed by atoms with E-state index in [1.165, 1.54) is 7.11 Å². The highest BCUT2D eigenvalue weighted by atomic mass is 16.7. The summed E-state index contributed by atoms with van der Waals surface area (Å²) in [7, 11) is 1.17. The molecule has 0 saturated carbocycles. The first-order chi connectivity index (χ1) is 9.44. The number of methoxy groups -OCH3 is 1. The lowest BCUT2D eigenvalue weighted by atomic mass is 9.99. The van der Waals surface area contributed by atoms with E-state index in [4.69, 9.17) is 19.7 Å². The summed E-state index contributed by atoms with van der Waals surface area (Å²) in [6.07, 6.45) is -8.46. The lowest BCUT2D eigenvalue weighted by Gasteiger charge is -2.40. The molecule has 0 aromatic carbocycles. The first kappa shape index (κ1) is 17.2. The average molecular weight is 296 g/mol. The smallest absolute Gasteiger partial charge is 0.308 e. The van der Waals surface area contributed by atoms with E-state index in [1.807, 2.05) is 0 Å². The van der Waals surface area contributed by atoms with Gasteiger partial charge in [0.25, 0.3) is 0 Å². The van der Waals surface area contributed by atoms with Gasteiger partial charge in [0.05, 0.1) is 32.8 Å². The normalized spacial score (nSPS) is 35.6. The number of rotatable bonds is 6. The monoisotopic (exact) mass is 296 g/mol. The molecule has 0 amide bonds. The van der Waals surface area contributed by atoms with Crippen LogP contribution in [0.3, 0.4) is 0 Å². The van der Waals surface area contributed by atoms with Crippen LogP contribution in [0.1, 0.15) is 6.42 Å². The Hall–Kier alpha value is -0.810. The number of aliphatic hydroxyl groups is 5. The van der Waals surface area contributed by atoms with Crippen molar-refractivity contribution in [3.8, 4) is 0 Å². The standard InChI is InChI=1S/C11H20O9/c1-18-7(14)2-5(3-12)19-11-10(17)9(16)8(15)6(4-13)20-11/h5-6,8-13,15-17H,2-4H2,1H3/t5-,6-,8-,9+,10-,11-/m1/s1. The van der Waals surface area contributed by atoms with E-state index in [1.54, 1.807) is 0 Å². The van der Waals surface area contributed by atoms with Crippen LogP contribution in [-0.4, -0.2) is 88.6 Å². The maximum absolute atomic E-state index is 11.1. The van der Waals surface area contributed by atoms with E-state index < -0.39 is 56.0 Å². The Bertz CT molecular complexity index is 308. The molecule has 1 fully saturated rings. The van der Waals surface area contributed by atoms with Crippen LogP contribution in [0.2, 0.25) is 0 Å². The number of hydrogen-bond donors (Lipinski definition) is 5. The second kappa shape index (κ2) is 7.84. The third-order valence-electron chi connectivity index (χ3n) is 3.00. The predicted molar refractivity (Wildman–Crippen MR) is 62.4 cm³/mol. The Labute approximate surface area is 115 Å². The summed E-state index contributed by atoms with van der Waals surface area (Å²) in [6.45, 7) is -1.13. The van der Waals surface area contributed by atoms with Crippen LogP contribution < -0.4 is 0 Å². The summed E-state index contributed by atoms with van der Waals surface area (Å²) in [6, 6.07) is 0. The molecule has 5 N–H and O–H groups in total. The van der Waals surface area contributed by atoms with E-state index in [-0.39, 0.29) is 6.42 Å². The molecule has 0 spiro atoms. The van der Waals surface area contributed by atoms with Crippen molar-refractivity contribution >= 4 is 5.97 Å². The molecule has 1 heterocycles. The van der Waals surface area contributed by atoms with E-state index >= 15 is 0 Å². The van der Waals surface area contributed by atoms with Crippen LogP contribution in [0.25, 0.3) is 0 Å². The van der Waals surface area contributed by atoms with E-state index in [2.05, 4.69) is 4.74 Å². The number of carbonyl (C=O) groups is 1. The second-order valence-corrected chi connectivity index (χ2v) is 4.42. The summed E-state index contributed by atoms with van der Waals surface area (Å²) < 4.78 is 14.7. The summed E-state index contributed by atoms with van der Waals surface area (Å²) >= 11 is 0. The van der Waals surface area contributed by atoms with Crippen molar-refractivity contribution in [1.82, 2.24) is 0 Å². The fraction of sp³-hybridized carbons (Fsp3) is 0.909. The third-order valence-corrected chi connectivity index (χ3v) is 3.00. The summed E-state index contributed by atoms with van der Waals surface area (Å²) in [5.41, 5.74) is 0. The molecule has 6 atom stereocenters. The van der Waals surface area contributed by atoms with Gasteiger partial charge in [-0.3, -0.25) is 4.79 Å². The molecule has 9 heteroatoms. The molecule has 1 aliphatic heterocycles. The van der Waals surface area contributed by atoms with Crippen LogP contribution in [0.5, 0.6) is 0 Å². The number of hydrogen-bond acceptors (Lipinski definition) is 9. The van der Waals surface area contributed by atoms with Crippen molar-refractivity contribution in [3.63, 3.8) is 0 Å². The topological polar surface area (TPSA) is 146 Å². The minimum absolute atomic E-state index is 0.276. The van der Waals surface area contributed by atoms with Gasteiger partial charge in [0.15, 0.2) is 6.29 Å². The third kappa shape index (κ3) is 4.09. The SMILES string of the molecule is COC(=O)C[C@H](CO)O[C@@H]1O[C@H](CO)[C@@H](O)[C@H](O)[C@H]1O. The molecule has 0 aromatic rings.